The quantitative estimate of drug-likeness (QED) is 0.467. The summed E-state index contributed by atoms with van der Waals surface area (Å²) in [7, 11) is -4.02. The number of fused-ring (bicyclic) bond motifs is 1. The zero-order chi connectivity index (χ0) is 24.1. The van der Waals surface area contributed by atoms with E-state index in [2.05, 4.69) is 11.4 Å². The number of aryl methyl sites for hydroxylation is 1. The Morgan fingerprint density at radius 2 is 1.76 bits per heavy atom. The molecule has 0 aromatic heterocycles. The highest BCUT2D eigenvalue weighted by Gasteiger charge is 2.29. The third-order valence-electron chi connectivity index (χ3n) is 5.83. The van der Waals surface area contributed by atoms with Gasteiger partial charge >= 0.3 is 0 Å². The number of hydrogen-bond donors (Lipinski definition) is 1. The van der Waals surface area contributed by atoms with Gasteiger partial charge in [-0.3, -0.25) is 9.10 Å². The molecule has 0 heterocycles. The SMILES string of the molecule is CCOc1ccc(N(CC(=O)NC2CCCc3ccccc32)S(=O)(=O)c2ccc(Cl)cc2)cc1. The molecule has 0 spiro atoms. The summed E-state index contributed by atoms with van der Waals surface area (Å²) in [5.74, 6) is 0.256. The Hall–Kier alpha value is -3.03. The number of benzene rings is 3. The Morgan fingerprint density at radius 1 is 1.06 bits per heavy atom. The summed E-state index contributed by atoms with van der Waals surface area (Å²) >= 11 is 5.95. The van der Waals surface area contributed by atoms with Crippen molar-refractivity contribution in [3.8, 4) is 5.75 Å². The molecule has 3 aromatic carbocycles. The Bertz CT molecular complexity index is 1240. The highest BCUT2D eigenvalue weighted by molar-refractivity contribution is 7.92. The van der Waals surface area contributed by atoms with Gasteiger partial charge in [0.05, 0.1) is 23.2 Å². The zero-order valence-corrected chi connectivity index (χ0v) is 20.5. The number of nitrogens with one attached hydrogen (secondary N) is 1. The van der Waals surface area contributed by atoms with E-state index in [-0.39, 0.29) is 23.4 Å². The molecule has 0 aliphatic heterocycles. The van der Waals surface area contributed by atoms with Crippen molar-refractivity contribution in [1.29, 1.82) is 0 Å². The Morgan fingerprint density at radius 3 is 2.47 bits per heavy atom. The van der Waals surface area contributed by atoms with Crippen LogP contribution in [0.15, 0.2) is 77.7 Å². The lowest BCUT2D eigenvalue weighted by atomic mass is 9.88. The topological polar surface area (TPSA) is 75.7 Å². The maximum absolute atomic E-state index is 13.6. The van der Waals surface area contributed by atoms with Gasteiger partial charge in [0.1, 0.15) is 12.3 Å². The molecule has 4 rings (SSSR count). The smallest absolute Gasteiger partial charge is 0.264 e. The van der Waals surface area contributed by atoms with E-state index in [0.29, 0.717) is 23.1 Å². The maximum atomic E-state index is 13.6. The van der Waals surface area contributed by atoms with Crippen molar-refractivity contribution < 1.29 is 17.9 Å². The fraction of sp³-hybridized carbons (Fsp3) is 0.269. The van der Waals surface area contributed by atoms with Crippen LogP contribution in [0.1, 0.15) is 36.9 Å². The standard InChI is InChI=1S/C26H27ClN2O4S/c1-2-33-22-14-12-21(13-15-22)29(34(31,32)23-16-10-20(27)11-17-23)18-26(30)28-25-9-5-7-19-6-3-4-8-24(19)25/h3-4,6,8,10-17,25H,2,5,7,9,18H2,1H3,(H,28,30). The first kappa shape index (κ1) is 24.1. The van der Waals surface area contributed by atoms with Crippen LogP contribution in [0.3, 0.4) is 0 Å². The summed E-state index contributed by atoms with van der Waals surface area (Å²) in [6.45, 7) is 2.02. The van der Waals surface area contributed by atoms with E-state index < -0.39 is 10.0 Å². The van der Waals surface area contributed by atoms with Crippen LogP contribution in [0.25, 0.3) is 0 Å². The van der Waals surface area contributed by atoms with Gasteiger partial charge in [0.2, 0.25) is 5.91 Å². The summed E-state index contributed by atoms with van der Waals surface area (Å²) in [5, 5.41) is 3.48. The van der Waals surface area contributed by atoms with E-state index >= 15 is 0 Å². The Balaban J connectivity index is 1.62. The number of amides is 1. The van der Waals surface area contributed by atoms with Crippen molar-refractivity contribution in [1.82, 2.24) is 5.32 Å². The fourth-order valence-corrected chi connectivity index (χ4v) is 5.75. The number of hydrogen-bond acceptors (Lipinski definition) is 4. The molecule has 6 nitrogen and oxygen atoms in total. The van der Waals surface area contributed by atoms with Crippen LogP contribution < -0.4 is 14.4 Å². The van der Waals surface area contributed by atoms with Gasteiger partial charge in [0.25, 0.3) is 10.0 Å². The average Bonchev–Trinajstić information content (AvgIpc) is 2.84. The minimum atomic E-state index is -4.02. The van der Waals surface area contributed by atoms with Gasteiger partial charge in [0, 0.05) is 5.02 Å². The highest BCUT2D eigenvalue weighted by atomic mass is 35.5. The van der Waals surface area contributed by atoms with Gasteiger partial charge in [-0.05, 0) is 85.8 Å². The second-order valence-corrected chi connectivity index (χ2v) is 10.4. The molecule has 178 valence electrons. The Kier molecular flexibility index (Phi) is 7.44. The summed E-state index contributed by atoms with van der Waals surface area (Å²) in [5.41, 5.74) is 2.68. The number of sulfonamides is 1. The summed E-state index contributed by atoms with van der Waals surface area (Å²) < 4.78 is 33.7. The molecular weight excluding hydrogens is 472 g/mol. The second-order valence-electron chi connectivity index (χ2n) is 8.10. The molecule has 0 saturated carbocycles. The molecule has 1 aliphatic rings. The molecule has 3 aromatic rings. The van der Waals surface area contributed by atoms with Crippen LogP contribution in [0.5, 0.6) is 5.75 Å². The molecule has 0 radical (unpaired) electrons. The third kappa shape index (κ3) is 5.37. The molecule has 1 amide bonds. The largest absolute Gasteiger partial charge is 0.494 e. The number of halogens is 1. The fourth-order valence-electron chi connectivity index (χ4n) is 4.20. The Labute approximate surface area is 205 Å². The van der Waals surface area contributed by atoms with E-state index in [1.54, 1.807) is 24.3 Å². The van der Waals surface area contributed by atoms with Crippen LogP contribution >= 0.6 is 11.6 Å². The molecular formula is C26H27ClN2O4S. The maximum Gasteiger partial charge on any atom is 0.264 e. The molecule has 8 heteroatoms. The van der Waals surface area contributed by atoms with Gasteiger partial charge in [0.15, 0.2) is 0 Å². The van der Waals surface area contributed by atoms with Crippen LogP contribution in [0, 0.1) is 0 Å². The summed E-state index contributed by atoms with van der Waals surface area (Å²) in [4.78, 5) is 13.2. The van der Waals surface area contributed by atoms with Crippen LogP contribution in [-0.4, -0.2) is 27.5 Å². The van der Waals surface area contributed by atoms with Gasteiger partial charge in [-0.25, -0.2) is 8.42 Å². The van der Waals surface area contributed by atoms with E-state index in [9.17, 15) is 13.2 Å². The molecule has 1 N–H and O–H groups in total. The molecule has 34 heavy (non-hydrogen) atoms. The van der Waals surface area contributed by atoms with Crippen LogP contribution in [0.4, 0.5) is 5.69 Å². The molecule has 0 bridgehead atoms. The van der Waals surface area contributed by atoms with E-state index in [4.69, 9.17) is 16.3 Å². The lowest BCUT2D eigenvalue weighted by Crippen LogP contribution is -2.42. The van der Waals surface area contributed by atoms with Gasteiger partial charge in [-0.1, -0.05) is 35.9 Å². The van der Waals surface area contributed by atoms with Crippen molar-refractivity contribution in [2.45, 2.75) is 37.1 Å². The predicted molar refractivity (Wildman–Crippen MR) is 134 cm³/mol. The number of nitrogens with zero attached hydrogens (tertiary/aromatic N) is 1. The lowest BCUT2D eigenvalue weighted by molar-refractivity contribution is -0.120. The first-order chi connectivity index (χ1) is 16.4. The average molecular weight is 499 g/mol. The van der Waals surface area contributed by atoms with Gasteiger partial charge in [-0.2, -0.15) is 0 Å². The van der Waals surface area contributed by atoms with Crippen molar-refractivity contribution in [2.24, 2.45) is 0 Å². The third-order valence-corrected chi connectivity index (χ3v) is 7.87. The first-order valence-corrected chi connectivity index (χ1v) is 13.1. The first-order valence-electron chi connectivity index (χ1n) is 11.3. The summed E-state index contributed by atoms with van der Waals surface area (Å²) in [6.07, 6.45) is 2.76. The van der Waals surface area contributed by atoms with Crippen LogP contribution in [0.2, 0.25) is 5.02 Å². The molecule has 0 fully saturated rings. The molecule has 1 atom stereocenters. The van der Waals surface area contributed by atoms with Crippen molar-refractivity contribution in [3.05, 3.63) is 88.9 Å². The van der Waals surface area contributed by atoms with Crippen molar-refractivity contribution in [2.75, 3.05) is 17.5 Å². The minimum absolute atomic E-state index is 0.0570. The van der Waals surface area contributed by atoms with Crippen molar-refractivity contribution >= 4 is 33.2 Å². The number of anilines is 1. The second kappa shape index (κ2) is 10.5. The number of carbonyl (C=O) groups excluding carboxylic acids is 1. The number of carbonyl (C=O) groups is 1. The molecule has 1 aliphatic carbocycles. The normalized spacial score (nSPS) is 15.3. The van der Waals surface area contributed by atoms with Crippen molar-refractivity contribution in [3.63, 3.8) is 0 Å². The zero-order valence-electron chi connectivity index (χ0n) is 18.9. The highest BCUT2D eigenvalue weighted by Crippen LogP contribution is 2.30. The monoisotopic (exact) mass is 498 g/mol. The minimum Gasteiger partial charge on any atom is -0.494 e. The van der Waals surface area contributed by atoms with E-state index in [1.165, 1.54) is 29.8 Å². The molecule has 1 unspecified atom stereocenters. The van der Waals surface area contributed by atoms with E-state index in [0.717, 1.165) is 29.1 Å². The predicted octanol–water partition coefficient (Wildman–Crippen LogP) is 5.13. The lowest BCUT2D eigenvalue weighted by Gasteiger charge is -2.29. The molecule has 0 saturated heterocycles. The van der Waals surface area contributed by atoms with E-state index in [1.807, 2.05) is 25.1 Å². The summed E-state index contributed by atoms with van der Waals surface area (Å²) in [6, 6.07) is 20.5. The van der Waals surface area contributed by atoms with Crippen LogP contribution in [-0.2, 0) is 21.2 Å². The van der Waals surface area contributed by atoms with Gasteiger partial charge < -0.3 is 10.1 Å². The number of ether oxygens (including phenoxy) is 1. The number of rotatable bonds is 8. The van der Waals surface area contributed by atoms with Gasteiger partial charge in [-0.15, -0.1) is 0 Å².